The van der Waals surface area contributed by atoms with Crippen LogP contribution in [0.3, 0.4) is 0 Å². The number of aliphatic carboxylic acids is 1. The molecule has 0 aliphatic carbocycles. The fourth-order valence-electron chi connectivity index (χ4n) is 1.79. The molecule has 0 bridgehead atoms. The van der Waals surface area contributed by atoms with E-state index in [0.717, 1.165) is 0 Å². The summed E-state index contributed by atoms with van der Waals surface area (Å²) in [6, 6.07) is -1.62. The Morgan fingerprint density at radius 2 is 1.80 bits per heavy atom. The number of hydrogen-bond donors (Lipinski definition) is 3. The fourth-order valence-corrected chi connectivity index (χ4v) is 1.79. The van der Waals surface area contributed by atoms with Gasteiger partial charge in [-0.2, -0.15) is 0 Å². The summed E-state index contributed by atoms with van der Waals surface area (Å²) < 4.78 is 0. The summed E-state index contributed by atoms with van der Waals surface area (Å²) in [6.07, 6.45) is 0.655. The Hall–Kier alpha value is -1.79. The Kier molecular flexibility index (Phi) is 6.48. The first kappa shape index (κ1) is 18.2. The van der Waals surface area contributed by atoms with Crippen LogP contribution in [0.1, 0.15) is 41.0 Å². The molecular formula is C13H25N3O4. The molecule has 7 heteroatoms. The van der Waals surface area contributed by atoms with Crippen molar-refractivity contribution in [2.45, 2.75) is 52.6 Å². The number of nitrogens with two attached hydrogens (primary N) is 1. The van der Waals surface area contributed by atoms with Crippen molar-refractivity contribution in [3.8, 4) is 0 Å². The molecule has 0 aromatic rings. The Morgan fingerprint density at radius 1 is 1.30 bits per heavy atom. The zero-order chi connectivity index (χ0) is 16.1. The van der Waals surface area contributed by atoms with Crippen LogP contribution in [-0.4, -0.2) is 46.0 Å². The number of carboxylic acid groups (broad SMARTS) is 1. The van der Waals surface area contributed by atoms with E-state index in [1.54, 1.807) is 27.7 Å². The maximum Gasteiger partial charge on any atom is 0.323 e. The van der Waals surface area contributed by atoms with E-state index in [1.165, 1.54) is 4.90 Å². The second-order valence-corrected chi connectivity index (χ2v) is 5.86. The van der Waals surface area contributed by atoms with Crippen molar-refractivity contribution in [3.63, 3.8) is 0 Å². The predicted octanol–water partition coefficient (Wildman–Crippen LogP) is 0.781. The maximum absolute atomic E-state index is 12.6. The van der Waals surface area contributed by atoms with E-state index in [4.69, 9.17) is 10.8 Å². The van der Waals surface area contributed by atoms with E-state index in [9.17, 15) is 14.4 Å². The van der Waals surface area contributed by atoms with E-state index >= 15 is 0 Å². The number of urea groups is 1. The predicted molar refractivity (Wildman–Crippen MR) is 75.1 cm³/mol. The van der Waals surface area contributed by atoms with Crippen molar-refractivity contribution in [1.29, 1.82) is 0 Å². The zero-order valence-corrected chi connectivity index (χ0v) is 12.8. The summed E-state index contributed by atoms with van der Waals surface area (Å²) in [5.74, 6) is -1.68. The lowest BCUT2D eigenvalue weighted by Crippen LogP contribution is -2.58. The molecule has 0 spiro atoms. The molecule has 2 unspecified atom stereocenters. The molecule has 0 aliphatic heterocycles. The lowest BCUT2D eigenvalue weighted by Gasteiger charge is -2.38. The first-order valence-corrected chi connectivity index (χ1v) is 6.60. The molecule has 0 aromatic heterocycles. The minimum atomic E-state index is -1.10. The standard InChI is InChI=1S/C13H25N3O4/c1-6-8(2)10(15-12(14)20)11(19)16(7-9(17)18)13(3,4)5/h8,10H,6-7H2,1-5H3,(H,17,18)(H3,14,15,20). The molecule has 0 saturated heterocycles. The average Bonchev–Trinajstić information content (AvgIpc) is 2.29. The molecule has 0 heterocycles. The van der Waals surface area contributed by atoms with Gasteiger partial charge >= 0.3 is 12.0 Å². The Labute approximate surface area is 119 Å². The Bertz CT molecular complexity index is 376. The van der Waals surface area contributed by atoms with Crippen LogP contribution in [0, 0.1) is 5.92 Å². The summed E-state index contributed by atoms with van der Waals surface area (Å²) in [5, 5.41) is 11.4. The van der Waals surface area contributed by atoms with Gasteiger partial charge in [-0.1, -0.05) is 20.3 Å². The molecule has 0 fully saturated rings. The van der Waals surface area contributed by atoms with Crippen molar-refractivity contribution in [3.05, 3.63) is 0 Å². The van der Waals surface area contributed by atoms with E-state index < -0.39 is 36.0 Å². The lowest BCUT2D eigenvalue weighted by atomic mass is 9.95. The molecule has 2 atom stereocenters. The molecule has 0 rings (SSSR count). The number of hydrogen-bond acceptors (Lipinski definition) is 3. The molecule has 7 nitrogen and oxygen atoms in total. The van der Waals surface area contributed by atoms with Crippen LogP contribution in [0.4, 0.5) is 4.79 Å². The molecule has 0 aliphatic rings. The topological polar surface area (TPSA) is 113 Å². The van der Waals surface area contributed by atoms with Gasteiger partial charge in [0.05, 0.1) is 0 Å². The molecular weight excluding hydrogens is 262 g/mol. The van der Waals surface area contributed by atoms with Crippen LogP contribution >= 0.6 is 0 Å². The summed E-state index contributed by atoms with van der Waals surface area (Å²) in [5.41, 5.74) is 4.43. The number of nitrogens with one attached hydrogen (secondary N) is 1. The molecule has 116 valence electrons. The second-order valence-electron chi connectivity index (χ2n) is 5.86. The average molecular weight is 287 g/mol. The van der Waals surface area contributed by atoms with E-state index in [1.807, 2.05) is 6.92 Å². The molecule has 4 N–H and O–H groups in total. The van der Waals surface area contributed by atoms with Crippen LogP contribution in [0.5, 0.6) is 0 Å². The molecule has 0 radical (unpaired) electrons. The van der Waals surface area contributed by atoms with Gasteiger partial charge < -0.3 is 21.1 Å². The van der Waals surface area contributed by atoms with Gasteiger partial charge in [0.25, 0.3) is 0 Å². The number of carbonyl (C=O) groups excluding carboxylic acids is 2. The molecule has 0 saturated carbocycles. The highest BCUT2D eigenvalue weighted by Gasteiger charge is 2.35. The van der Waals surface area contributed by atoms with Crippen LogP contribution in [-0.2, 0) is 9.59 Å². The number of primary amides is 1. The number of amides is 3. The maximum atomic E-state index is 12.6. The Balaban J connectivity index is 5.34. The Morgan fingerprint density at radius 3 is 2.10 bits per heavy atom. The normalized spacial score (nSPS) is 14.2. The van der Waals surface area contributed by atoms with E-state index in [2.05, 4.69) is 5.32 Å². The third-order valence-electron chi connectivity index (χ3n) is 3.15. The summed E-state index contributed by atoms with van der Waals surface area (Å²) in [4.78, 5) is 35.8. The smallest absolute Gasteiger partial charge is 0.323 e. The fraction of sp³-hybridized carbons (Fsp3) is 0.769. The van der Waals surface area contributed by atoms with Crippen molar-refractivity contribution >= 4 is 17.9 Å². The van der Waals surface area contributed by atoms with Crippen molar-refractivity contribution < 1.29 is 19.5 Å². The van der Waals surface area contributed by atoms with Gasteiger partial charge in [0.2, 0.25) is 5.91 Å². The van der Waals surface area contributed by atoms with Crippen molar-refractivity contribution in [2.75, 3.05) is 6.54 Å². The first-order valence-electron chi connectivity index (χ1n) is 6.60. The minimum Gasteiger partial charge on any atom is -0.480 e. The first-order chi connectivity index (χ1) is 9.00. The second kappa shape index (κ2) is 7.12. The monoisotopic (exact) mass is 287 g/mol. The number of rotatable bonds is 6. The van der Waals surface area contributed by atoms with Gasteiger partial charge in [0.1, 0.15) is 12.6 Å². The zero-order valence-electron chi connectivity index (χ0n) is 12.8. The number of nitrogens with zero attached hydrogens (tertiary/aromatic N) is 1. The van der Waals surface area contributed by atoms with Crippen LogP contribution in [0.15, 0.2) is 0 Å². The summed E-state index contributed by atoms with van der Waals surface area (Å²) in [7, 11) is 0. The van der Waals surface area contributed by atoms with Gasteiger partial charge in [-0.05, 0) is 26.7 Å². The minimum absolute atomic E-state index is 0.145. The molecule has 0 aromatic carbocycles. The third-order valence-corrected chi connectivity index (χ3v) is 3.15. The van der Waals surface area contributed by atoms with Crippen molar-refractivity contribution in [1.82, 2.24) is 10.2 Å². The third kappa shape index (κ3) is 5.46. The van der Waals surface area contributed by atoms with Crippen LogP contribution < -0.4 is 11.1 Å². The number of carboxylic acids is 1. The molecule has 20 heavy (non-hydrogen) atoms. The van der Waals surface area contributed by atoms with Gasteiger partial charge in [-0.15, -0.1) is 0 Å². The largest absolute Gasteiger partial charge is 0.480 e. The summed E-state index contributed by atoms with van der Waals surface area (Å²) >= 11 is 0. The SMILES string of the molecule is CCC(C)C(NC(N)=O)C(=O)N(CC(=O)O)C(C)(C)C. The highest BCUT2D eigenvalue weighted by Crippen LogP contribution is 2.18. The van der Waals surface area contributed by atoms with Gasteiger partial charge in [-0.25, -0.2) is 4.79 Å². The lowest BCUT2D eigenvalue weighted by molar-refractivity contribution is -0.149. The van der Waals surface area contributed by atoms with Crippen LogP contribution in [0.2, 0.25) is 0 Å². The quantitative estimate of drug-likeness (QED) is 0.670. The highest BCUT2D eigenvalue weighted by atomic mass is 16.4. The van der Waals surface area contributed by atoms with Crippen molar-refractivity contribution in [2.24, 2.45) is 11.7 Å². The van der Waals surface area contributed by atoms with E-state index in [-0.39, 0.29) is 5.92 Å². The van der Waals surface area contributed by atoms with Crippen LogP contribution in [0.25, 0.3) is 0 Å². The van der Waals surface area contributed by atoms with E-state index in [0.29, 0.717) is 6.42 Å². The van der Waals surface area contributed by atoms with Gasteiger partial charge in [0.15, 0.2) is 0 Å². The van der Waals surface area contributed by atoms with Gasteiger partial charge in [0, 0.05) is 5.54 Å². The summed E-state index contributed by atoms with van der Waals surface area (Å²) in [6.45, 7) is 8.49. The van der Waals surface area contributed by atoms with Gasteiger partial charge in [-0.3, -0.25) is 9.59 Å². The number of carbonyl (C=O) groups is 3. The molecule has 3 amide bonds. The highest BCUT2D eigenvalue weighted by molar-refractivity contribution is 5.89.